The van der Waals surface area contributed by atoms with Crippen molar-refractivity contribution in [3.8, 4) is 5.75 Å². The van der Waals surface area contributed by atoms with Crippen molar-refractivity contribution in [3.63, 3.8) is 0 Å². The third-order valence-corrected chi connectivity index (χ3v) is 4.45. The zero-order valence-electron chi connectivity index (χ0n) is 12.0. The normalized spacial score (nSPS) is 26.4. The monoisotopic (exact) mass is 261 g/mol. The number of hydrogen-bond acceptors (Lipinski definition) is 3. The average Bonchev–Trinajstić information content (AvgIpc) is 2.71. The van der Waals surface area contributed by atoms with E-state index in [2.05, 4.69) is 0 Å². The fourth-order valence-electron chi connectivity index (χ4n) is 2.96. The largest absolute Gasteiger partial charge is 0.496 e. The fraction of sp³-hybridized carbons (Fsp3) is 0.562. The second kappa shape index (κ2) is 5.33. The van der Waals surface area contributed by atoms with Crippen LogP contribution >= 0.6 is 0 Å². The van der Waals surface area contributed by atoms with Crippen LogP contribution in [0, 0.1) is 12.3 Å². The molecule has 0 aliphatic heterocycles. The molecule has 2 rings (SSSR count). The summed E-state index contributed by atoms with van der Waals surface area (Å²) in [6, 6.07) is 5.95. The highest BCUT2D eigenvalue weighted by molar-refractivity contribution is 5.88. The van der Waals surface area contributed by atoms with Gasteiger partial charge in [0.15, 0.2) is 0 Å². The van der Waals surface area contributed by atoms with E-state index in [1.165, 1.54) is 0 Å². The summed E-state index contributed by atoms with van der Waals surface area (Å²) in [6.45, 7) is 4.03. The van der Waals surface area contributed by atoms with Gasteiger partial charge in [0.2, 0.25) is 0 Å². The number of rotatable bonds is 4. The number of benzene rings is 1. The molecule has 0 bridgehead atoms. The summed E-state index contributed by atoms with van der Waals surface area (Å²) >= 11 is 0. The molecule has 19 heavy (non-hydrogen) atoms. The maximum absolute atomic E-state index is 12.6. The van der Waals surface area contributed by atoms with Gasteiger partial charge in [0.1, 0.15) is 11.5 Å². The molecular formula is C16H23NO2. The van der Waals surface area contributed by atoms with E-state index in [0.717, 1.165) is 36.1 Å². The maximum atomic E-state index is 12.6. The molecule has 0 heterocycles. The third kappa shape index (κ3) is 2.66. The SMILES string of the molecule is COc1ccc(C)cc1CC(=O)C1(C)CCCC1N. The second-order valence-corrected chi connectivity index (χ2v) is 5.83. The molecule has 3 heteroatoms. The molecule has 1 fully saturated rings. The van der Waals surface area contributed by atoms with Gasteiger partial charge >= 0.3 is 0 Å². The number of methoxy groups -OCH3 is 1. The Labute approximate surface area is 115 Å². The van der Waals surface area contributed by atoms with Gasteiger partial charge in [0, 0.05) is 23.4 Å². The molecule has 1 aromatic carbocycles. The molecule has 0 amide bonds. The summed E-state index contributed by atoms with van der Waals surface area (Å²) in [5.74, 6) is 1.02. The smallest absolute Gasteiger partial charge is 0.144 e. The van der Waals surface area contributed by atoms with Crippen LogP contribution in [0.3, 0.4) is 0 Å². The Morgan fingerprint density at radius 2 is 2.26 bits per heavy atom. The Balaban J connectivity index is 2.21. The number of hydrogen-bond donors (Lipinski definition) is 1. The van der Waals surface area contributed by atoms with Crippen molar-refractivity contribution in [2.45, 2.75) is 45.6 Å². The van der Waals surface area contributed by atoms with Crippen molar-refractivity contribution in [2.75, 3.05) is 7.11 Å². The van der Waals surface area contributed by atoms with E-state index in [1.807, 2.05) is 32.0 Å². The van der Waals surface area contributed by atoms with Gasteiger partial charge in [0.05, 0.1) is 7.11 Å². The number of nitrogens with two attached hydrogens (primary N) is 1. The first-order chi connectivity index (χ1) is 8.97. The highest BCUT2D eigenvalue weighted by Crippen LogP contribution is 2.39. The molecule has 1 aromatic rings. The Kier molecular flexibility index (Phi) is 3.95. The second-order valence-electron chi connectivity index (χ2n) is 5.83. The fourth-order valence-corrected chi connectivity index (χ4v) is 2.96. The molecule has 0 radical (unpaired) electrons. The van der Waals surface area contributed by atoms with Crippen LogP contribution in [0.2, 0.25) is 0 Å². The number of carbonyl (C=O) groups is 1. The van der Waals surface area contributed by atoms with Crippen LogP contribution < -0.4 is 10.5 Å². The highest BCUT2D eigenvalue weighted by Gasteiger charge is 2.42. The molecule has 104 valence electrons. The minimum atomic E-state index is -0.366. The molecule has 2 N–H and O–H groups in total. The molecule has 2 atom stereocenters. The van der Waals surface area contributed by atoms with E-state index >= 15 is 0 Å². The van der Waals surface area contributed by atoms with Crippen molar-refractivity contribution in [2.24, 2.45) is 11.1 Å². The number of Topliss-reactive ketones (excluding diaryl/α,β-unsaturated/α-hetero) is 1. The molecule has 0 saturated heterocycles. The highest BCUT2D eigenvalue weighted by atomic mass is 16.5. The molecule has 3 nitrogen and oxygen atoms in total. The van der Waals surface area contributed by atoms with Gasteiger partial charge in [-0.3, -0.25) is 4.79 Å². The summed E-state index contributed by atoms with van der Waals surface area (Å²) in [5, 5.41) is 0. The van der Waals surface area contributed by atoms with Crippen molar-refractivity contribution in [3.05, 3.63) is 29.3 Å². The van der Waals surface area contributed by atoms with Crippen LogP contribution in [0.5, 0.6) is 5.75 Å². The summed E-state index contributed by atoms with van der Waals surface area (Å²) in [7, 11) is 1.64. The first-order valence-corrected chi connectivity index (χ1v) is 6.90. The zero-order valence-corrected chi connectivity index (χ0v) is 12.0. The summed E-state index contributed by atoms with van der Waals surface area (Å²) < 4.78 is 5.34. The lowest BCUT2D eigenvalue weighted by atomic mass is 9.78. The Bertz CT molecular complexity index is 484. The van der Waals surface area contributed by atoms with Gasteiger partial charge in [-0.05, 0) is 25.8 Å². The lowest BCUT2D eigenvalue weighted by Crippen LogP contribution is -2.41. The topological polar surface area (TPSA) is 52.3 Å². The molecule has 1 saturated carbocycles. The van der Waals surface area contributed by atoms with Gasteiger partial charge in [-0.25, -0.2) is 0 Å². The molecule has 0 spiro atoms. The Morgan fingerprint density at radius 1 is 1.53 bits per heavy atom. The lowest BCUT2D eigenvalue weighted by molar-refractivity contribution is -0.127. The first kappa shape index (κ1) is 14.1. The number of ketones is 1. The van der Waals surface area contributed by atoms with E-state index in [1.54, 1.807) is 7.11 Å². The van der Waals surface area contributed by atoms with E-state index in [9.17, 15) is 4.79 Å². The molecule has 1 aliphatic rings. The quantitative estimate of drug-likeness (QED) is 0.906. The van der Waals surface area contributed by atoms with Crippen LogP contribution in [0.4, 0.5) is 0 Å². The number of carbonyl (C=O) groups excluding carboxylic acids is 1. The first-order valence-electron chi connectivity index (χ1n) is 6.90. The van der Waals surface area contributed by atoms with E-state index in [4.69, 9.17) is 10.5 Å². The maximum Gasteiger partial charge on any atom is 0.144 e. The van der Waals surface area contributed by atoms with Crippen molar-refractivity contribution >= 4 is 5.78 Å². The van der Waals surface area contributed by atoms with E-state index < -0.39 is 0 Å². The minimum Gasteiger partial charge on any atom is -0.496 e. The predicted molar refractivity (Wildman–Crippen MR) is 76.4 cm³/mol. The van der Waals surface area contributed by atoms with Crippen molar-refractivity contribution in [1.29, 1.82) is 0 Å². The number of aryl methyl sites for hydroxylation is 1. The van der Waals surface area contributed by atoms with E-state index in [0.29, 0.717) is 6.42 Å². The molecule has 1 aliphatic carbocycles. The van der Waals surface area contributed by atoms with Crippen LogP contribution in [0.15, 0.2) is 18.2 Å². The standard InChI is InChI=1S/C16H23NO2/c1-11-6-7-13(19-3)12(9-11)10-15(18)16(2)8-4-5-14(16)17/h6-7,9,14H,4-5,8,10,17H2,1-3H3. The minimum absolute atomic E-state index is 0.00389. The van der Waals surface area contributed by atoms with Gasteiger partial charge in [-0.2, -0.15) is 0 Å². The van der Waals surface area contributed by atoms with Gasteiger partial charge in [-0.1, -0.05) is 31.0 Å². The predicted octanol–water partition coefficient (Wildman–Crippen LogP) is 2.63. The molecule has 2 unspecified atom stereocenters. The van der Waals surface area contributed by atoms with Crippen LogP contribution in [0.1, 0.15) is 37.3 Å². The van der Waals surface area contributed by atoms with Crippen LogP contribution in [0.25, 0.3) is 0 Å². The molecular weight excluding hydrogens is 238 g/mol. The lowest BCUT2D eigenvalue weighted by Gasteiger charge is -2.27. The van der Waals surface area contributed by atoms with Gasteiger partial charge < -0.3 is 10.5 Å². The van der Waals surface area contributed by atoms with Gasteiger partial charge in [0.25, 0.3) is 0 Å². The Morgan fingerprint density at radius 3 is 2.84 bits per heavy atom. The van der Waals surface area contributed by atoms with Crippen molar-refractivity contribution < 1.29 is 9.53 Å². The Hall–Kier alpha value is -1.35. The summed E-state index contributed by atoms with van der Waals surface area (Å²) in [5.41, 5.74) is 7.86. The average molecular weight is 261 g/mol. The van der Waals surface area contributed by atoms with Crippen molar-refractivity contribution in [1.82, 2.24) is 0 Å². The number of ether oxygens (including phenoxy) is 1. The third-order valence-electron chi connectivity index (χ3n) is 4.45. The van der Waals surface area contributed by atoms with E-state index in [-0.39, 0.29) is 17.2 Å². The summed E-state index contributed by atoms with van der Waals surface area (Å²) in [4.78, 5) is 12.6. The van der Waals surface area contributed by atoms with Crippen LogP contribution in [-0.2, 0) is 11.2 Å². The summed E-state index contributed by atoms with van der Waals surface area (Å²) in [6.07, 6.45) is 3.32. The van der Waals surface area contributed by atoms with Crippen LogP contribution in [-0.4, -0.2) is 18.9 Å². The van der Waals surface area contributed by atoms with Gasteiger partial charge in [-0.15, -0.1) is 0 Å². The molecule has 0 aromatic heterocycles. The zero-order chi connectivity index (χ0) is 14.0.